The summed E-state index contributed by atoms with van der Waals surface area (Å²) in [5.74, 6) is -0.320. The maximum Gasteiger partial charge on any atom is 0.328 e. The van der Waals surface area contributed by atoms with Gasteiger partial charge in [-0.25, -0.2) is 4.79 Å². The molecule has 7 heteroatoms. The fourth-order valence-corrected chi connectivity index (χ4v) is 2.11. The Labute approximate surface area is 109 Å². The van der Waals surface area contributed by atoms with Gasteiger partial charge in [0.2, 0.25) is 5.91 Å². The van der Waals surface area contributed by atoms with Crippen molar-refractivity contribution in [2.45, 2.75) is 39.0 Å². The molecule has 1 heterocycles. The van der Waals surface area contributed by atoms with Crippen LogP contribution in [0.25, 0.3) is 0 Å². The quantitative estimate of drug-likeness (QED) is 0.640. The van der Waals surface area contributed by atoms with Gasteiger partial charge in [-0.1, -0.05) is 13.8 Å². The van der Waals surface area contributed by atoms with Crippen molar-refractivity contribution in [3.05, 3.63) is 33.1 Å². The molecule has 1 aliphatic carbocycles. The van der Waals surface area contributed by atoms with Crippen molar-refractivity contribution in [1.82, 2.24) is 14.9 Å². The summed E-state index contributed by atoms with van der Waals surface area (Å²) in [6, 6.07) is 1.08. The lowest BCUT2D eigenvalue weighted by Gasteiger charge is -2.49. The van der Waals surface area contributed by atoms with E-state index in [0.717, 1.165) is 4.57 Å². The summed E-state index contributed by atoms with van der Waals surface area (Å²) in [6.07, 6.45) is 1.37. The SMILES string of the molecule is CC1(C)C(O)CC1NC(=O)Cn1ccc(=O)[nH]c1=O. The van der Waals surface area contributed by atoms with Crippen LogP contribution in [0, 0.1) is 5.41 Å². The fraction of sp³-hybridized carbons (Fsp3) is 0.583. The van der Waals surface area contributed by atoms with Crippen molar-refractivity contribution >= 4 is 5.91 Å². The topological polar surface area (TPSA) is 104 Å². The fourth-order valence-electron chi connectivity index (χ4n) is 2.11. The van der Waals surface area contributed by atoms with E-state index in [1.165, 1.54) is 12.3 Å². The molecule has 1 aromatic rings. The Morgan fingerprint density at radius 1 is 1.58 bits per heavy atom. The number of aromatic amines is 1. The van der Waals surface area contributed by atoms with Crippen molar-refractivity contribution in [3.8, 4) is 0 Å². The summed E-state index contributed by atoms with van der Waals surface area (Å²) < 4.78 is 1.12. The number of carbonyl (C=O) groups is 1. The van der Waals surface area contributed by atoms with Gasteiger partial charge in [-0.05, 0) is 6.42 Å². The Hall–Kier alpha value is -1.89. The number of nitrogens with one attached hydrogen (secondary N) is 2. The molecule has 2 atom stereocenters. The van der Waals surface area contributed by atoms with E-state index in [2.05, 4.69) is 10.3 Å². The molecule has 0 saturated heterocycles. The minimum Gasteiger partial charge on any atom is -0.392 e. The highest BCUT2D eigenvalue weighted by Crippen LogP contribution is 2.40. The van der Waals surface area contributed by atoms with Gasteiger partial charge in [-0.15, -0.1) is 0 Å². The molecule has 0 radical (unpaired) electrons. The van der Waals surface area contributed by atoms with Crippen LogP contribution in [0.5, 0.6) is 0 Å². The first-order chi connectivity index (χ1) is 8.80. The molecule has 7 nitrogen and oxygen atoms in total. The first-order valence-electron chi connectivity index (χ1n) is 6.08. The highest BCUT2D eigenvalue weighted by Gasteiger charge is 2.47. The normalized spacial score (nSPS) is 24.6. The van der Waals surface area contributed by atoms with Gasteiger partial charge in [0.1, 0.15) is 6.54 Å². The Kier molecular flexibility index (Phi) is 3.32. The number of rotatable bonds is 3. The van der Waals surface area contributed by atoms with Crippen molar-refractivity contribution in [1.29, 1.82) is 0 Å². The van der Waals surface area contributed by atoms with Crippen LogP contribution in [0.3, 0.4) is 0 Å². The molecule has 0 spiro atoms. The zero-order valence-electron chi connectivity index (χ0n) is 10.8. The first kappa shape index (κ1) is 13.5. The Bertz CT molecular complexity index is 601. The van der Waals surface area contributed by atoms with E-state index >= 15 is 0 Å². The molecule has 2 rings (SSSR count). The lowest BCUT2D eigenvalue weighted by molar-refractivity contribution is -0.129. The molecule has 1 amide bonds. The largest absolute Gasteiger partial charge is 0.392 e. The van der Waals surface area contributed by atoms with Crippen LogP contribution in [0.2, 0.25) is 0 Å². The Morgan fingerprint density at radius 3 is 2.79 bits per heavy atom. The summed E-state index contributed by atoms with van der Waals surface area (Å²) >= 11 is 0. The average Bonchev–Trinajstić information content (AvgIpc) is 2.32. The number of amides is 1. The summed E-state index contributed by atoms with van der Waals surface area (Å²) in [7, 11) is 0. The van der Waals surface area contributed by atoms with E-state index in [1.807, 2.05) is 13.8 Å². The molecular formula is C12H17N3O4. The van der Waals surface area contributed by atoms with E-state index in [0.29, 0.717) is 6.42 Å². The zero-order chi connectivity index (χ0) is 14.2. The molecule has 0 bridgehead atoms. The van der Waals surface area contributed by atoms with Crippen molar-refractivity contribution in [3.63, 3.8) is 0 Å². The first-order valence-corrected chi connectivity index (χ1v) is 6.08. The van der Waals surface area contributed by atoms with Crippen molar-refractivity contribution in [2.24, 2.45) is 5.41 Å². The van der Waals surface area contributed by atoms with E-state index in [-0.39, 0.29) is 23.9 Å². The molecule has 104 valence electrons. The Balaban J connectivity index is 1.99. The van der Waals surface area contributed by atoms with Gasteiger partial charge in [-0.3, -0.25) is 19.1 Å². The maximum atomic E-state index is 11.8. The van der Waals surface area contributed by atoms with Crippen molar-refractivity contribution in [2.75, 3.05) is 0 Å². The number of aliphatic hydroxyl groups is 1. The van der Waals surface area contributed by atoms with Gasteiger partial charge in [0.25, 0.3) is 5.56 Å². The minimum absolute atomic E-state index is 0.103. The van der Waals surface area contributed by atoms with Gasteiger partial charge in [0.15, 0.2) is 0 Å². The van der Waals surface area contributed by atoms with Gasteiger partial charge in [0.05, 0.1) is 6.10 Å². The number of aliphatic hydroxyl groups excluding tert-OH is 1. The highest BCUT2D eigenvalue weighted by atomic mass is 16.3. The second-order valence-corrected chi connectivity index (χ2v) is 5.43. The predicted octanol–water partition coefficient (Wildman–Crippen LogP) is -1.19. The number of aromatic nitrogens is 2. The van der Waals surface area contributed by atoms with Gasteiger partial charge < -0.3 is 10.4 Å². The third-order valence-corrected chi connectivity index (χ3v) is 3.76. The third kappa shape index (κ3) is 2.60. The number of carbonyl (C=O) groups excluding carboxylic acids is 1. The number of H-pyrrole nitrogens is 1. The minimum atomic E-state index is -0.615. The second-order valence-electron chi connectivity index (χ2n) is 5.43. The average molecular weight is 267 g/mol. The van der Waals surface area contributed by atoms with Crippen LogP contribution in [0.15, 0.2) is 21.9 Å². The maximum absolute atomic E-state index is 11.8. The third-order valence-electron chi connectivity index (χ3n) is 3.76. The molecule has 1 aromatic heterocycles. The van der Waals surface area contributed by atoms with Crippen LogP contribution >= 0.6 is 0 Å². The van der Waals surface area contributed by atoms with Crippen molar-refractivity contribution < 1.29 is 9.90 Å². The van der Waals surface area contributed by atoms with E-state index in [9.17, 15) is 19.5 Å². The van der Waals surface area contributed by atoms with E-state index in [1.54, 1.807) is 0 Å². The second kappa shape index (κ2) is 4.65. The molecule has 1 aliphatic rings. The van der Waals surface area contributed by atoms with Crippen LogP contribution in [-0.2, 0) is 11.3 Å². The van der Waals surface area contributed by atoms with E-state index in [4.69, 9.17) is 0 Å². The molecule has 3 N–H and O–H groups in total. The monoisotopic (exact) mass is 267 g/mol. The molecule has 2 unspecified atom stereocenters. The van der Waals surface area contributed by atoms with Gasteiger partial charge >= 0.3 is 5.69 Å². The van der Waals surface area contributed by atoms with E-state index < -0.39 is 17.4 Å². The number of hydrogen-bond donors (Lipinski definition) is 3. The van der Waals surface area contributed by atoms with Crippen LogP contribution in [-0.4, -0.2) is 32.7 Å². The predicted molar refractivity (Wildman–Crippen MR) is 67.7 cm³/mol. The molecule has 1 saturated carbocycles. The molecular weight excluding hydrogens is 250 g/mol. The molecule has 1 fully saturated rings. The molecule has 0 aromatic carbocycles. The van der Waals surface area contributed by atoms with Crippen LogP contribution in [0.1, 0.15) is 20.3 Å². The summed E-state index contributed by atoms with van der Waals surface area (Å²) in [4.78, 5) is 36.2. The van der Waals surface area contributed by atoms with Gasteiger partial charge in [-0.2, -0.15) is 0 Å². The molecule has 19 heavy (non-hydrogen) atoms. The van der Waals surface area contributed by atoms with Crippen LogP contribution in [0.4, 0.5) is 0 Å². The summed E-state index contributed by atoms with van der Waals surface area (Å²) in [5.41, 5.74) is -1.47. The summed E-state index contributed by atoms with van der Waals surface area (Å²) in [5, 5.41) is 12.4. The zero-order valence-corrected chi connectivity index (χ0v) is 10.8. The Morgan fingerprint density at radius 2 is 2.26 bits per heavy atom. The van der Waals surface area contributed by atoms with Crippen LogP contribution < -0.4 is 16.6 Å². The highest BCUT2D eigenvalue weighted by molar-refractivity contribution is 5.76. The standard InChI is InChI=1S/C12H17N3O4/c1-12(2)7(5-8(12)16)13-10(18)6-15-4-3-9(17)14-11(15)19/h3-4,7-8,16H,5-6H2,1-2H3,(H,13,18)(H,14,17,19). The number of nitrogens with zero attached hydrogens (tertiary/aromatic N) is 1. The smallest absolute Gasteiger partial charge is 0.328 e. The lowest BCUT2D eigenvalue weighted by atomic mass is 9.64. The lowest BCUT2D eigenvalue weighted by Crippen LogP contribution is -2.61. The molecule has 0 aliphatic heterocycles. The number of hydrogen-bond acceptors (Lipinski definition) is 4. The summed E-state index contributed by atoms with van der Waals surface area (Å²) in [6.45, 7) is 3.59. The van der Waals surface area contributed by atoms with Gasteiger partial charge in [0, 0.05) is 23.7 Å².